The van der Waals surface area contributed by atoms with E-state index in [2.05, 4.69) is 16.0 Å². The number of carbonyl (C=O) groups excluding carboxylic acids is 2. The lowest BCUT2D eigenvalue weighted by Gasteiger charge is -2.12. The Hall–Kier alpha value is -2.67. The van der Waals surface area contributed by atoms with E-state index >= 15 is 0 Å². The molecule has 1 aromatic carbocycles. The van der Waals surface area contributed by atoms with Crippen LogP contribution < -0.4 is 16.0 Å². The third-order valence-corrected chi connectivity index (χ3v) is 3.27. The first-order valence-electron chi connectivity index (χ1n) is 7.06. The number of benzene rings is 1. The number of carbonyl (C=O) groups is 2. The lowest BCUT2D eigenvalue weighted by Crippen LogP contribution is -2.33. The lowest BCUT2D eigenvalue weighted by atomic mass is 10.1. The Labute approximate surface area is 139 Å². The van der Waals surface area contributed by atoms with Gasteiger partial charge in [-0.1, -0.05) is 13.0 Å². The summed E-state index contributed by atoms with van der Waals surface area (Å²) in [6.07, 6.45) is 1.81. The van der Waals surface area contributed by atoms with Crippen LogP contribution in [0.4, 0.5) is 11.4 Å². The fraction of sp³-hybridized carbons (Fsp3) is 0.188. The van der Waals surface area contributed by atoms with Crippen molar-refractivity contribution in [2.75, 3.05) is 10.6 Å². The minimum Gasteiger partial charge on any atom is -0.459 e. The maximum absolute atomic E-state index is 11.8. The number of hydrogen-bond donors (Lipinski definition) is 3. The number of hydrogen-bond acceptors (Lipinski definition) is 4. The predicted molar refractivity (Wildman–Crippen MR) is 92.5 cm³/mol. The van der Waals surface area contributed by atoms with Gasteiger partial charge in [0.15, 0.2) is 10.9 Å². The highest BCUT2D eigenvalue weighted by atomic mass is 32.1. The topological polar surface area (TPSA) is 83.4 Å². The van der Waals surface area contributed by atoms with Crippen molar-refractivity contribution in [3.63, 3.8) is 0 Å². The van der Waals surface area contributed by atoms with Crippen molar-refractivity contribution in [2.24, 2.45) is 0 Å². The Morgan fingerprint density at radius 1 is 1.22 bits per heavy atom. The predicted octanol–water partition coefficient (Wildman–Crippen LogP) is 3.06. The Morgan fingerprint density at radius 2 is 2.00 bits per heavy atom. The van der Waals surface area contributed by atoms with Crippen LogP contribution in [0.15, 0.2) is 41.0 Å². The highest BCUT2D eigenvalue weighted by Crippen LogP contribution is 2.20. The number of aryl methyl sites for hydroxylation is 1. The quantitative estimate of drug-likeness (QED) is 0.750. The molecule has 0 unspecified atom stereocenters. The third kappa shape index (κ3) is 4.65. The molecule has 3 N–H and O–H groups in total. The average Bonchev–Trinajstić information content (AvgIpc) is 3.04. The van der Waals surface area contributed by atoms with E-state index in [9.17, 15) is 9.59 Å². The molecule has 2 amide bonds. The molecule has 1 heterocycles. The van der Waals surface area contributed by atoms with E-state index in [1.54, 1.807) is 25.1 Å². The normalized spacial score (nSPS) is 10.0. The maximum Gasteiger partial charge on any atom is 0.293 e. The van der Waals surface area contributed by atoms with E-state index in [0.29, 0.717) is 17.8 Å². The average molecular weight is 331 g/mol. The van der Waals surface area contributed by atoms with Gasteiger partial charge >= 0.3 is 0 Å². The molecule has 0 aliphatic heterocycles. The highest BCUT2D eigenvalue weighted by Gasteiger charge is 2.11. The Kier molecular flexibility index (Phi) is 5.48. The van der Waals surface area contributed by atoms with Crippen LogP contribution in [0.1, 0.15) is 29.5 Å². The smallest absolute Gasteiger partial charge is 0.293 e. The lowest BCUT2D eigenvalue weighted by molar-refractivity contribution is -0.115. The van der Waals surface area contributed by atoms with Crippen molar-refractivity contribution in [1.82, 2.24) is 5.32 Å². The van der Waals surface area contributed by atoms with Gasteiger partial charge in [-0.05, 0) is 49.0 Å². The standard InChI is InChI=1S/C16H17N3O3S/c1-3-14(20)18-12-9-11(7-6-10(12)2)17-16(23)19-15(21)13-5-4-8-22-13/h4-9H,3H2,1-2H3,(H,18,20)(H2,17,19,21,23). The van der Waals surface area contributed by atoms with Crippen LogP contribution in [-0.4, -0.2) is 16.9 Å². The van der Waals surface area contributed by atoms with E-state index in [1.165, 1.54) is 6.26 Å². The van der Waals surface area contributed by atoms with E-state index in [4.69, 9.17) is 16.6 Å². The fourth-order valence-corrected chi connectivity index (χ4v) is 2.02. The van der Waals surface area contributed by atoms with Crippen LogP contribution in [0, 0.1) is 6.92 Å². The Balaban J connectivity index is 2.02. The third-order valence-electron chi connectivity index (χ3n) is 3.06. The zero-order valence-electron chi connectivity index (χ0n) is 12.8. The number of anilines is 2. The summed E-state index contributed by atoms with van der Waals surface area (Å²) in [5.41, 5.74) is 2.29. The van der Waals surface area contributed by atoms with Gasteiger partial charge in [-0.2, -0.15) is 0 Å². The van der Waals surface area contributed by atoms with Crippen LogP contribution >= 0.6 is 12.2 Å². The minimum absolute atomic E-state index is 0.0704. The van der Waals surface area contributed by atoms with Crippen molar-refractivity contribution in [3.8, 4) is 0 Å². The molecule has 0 radical (unpaired) electrons. The van der Waals surface area contributed by atoms with Crippen molar-refractivity contribution >= 4 is 40.5 Å². The number of nitrogens with one attached hydrogen (secondary N) is 3. The summed E-state index contributed by atoms with van der Waals surface area (Å²) in [6.45, 7) is 3.68. The van der Waals surface area contributed by atoms with Crippen LogP contribution in [0.25, 0.3) is 0 Å². The summed E-state index contributed by atoms with van der Waals surface area (Å²) >= 11 is 5.10. The minimum atomic E-state index is -0.431. The second-order valence-corrected chi connectivity index (χ2v) is 5.23. The first-order valence-corrected chi connectivity index (χ1v) is 7.46. The second-order valence-electron chi connectivity index (χ2n) is 4.82. The van der Waals surface area contributed by atoms with Gasteiger partial charge in [-0.3, -0.25) is 14.9 Å². The van der Waals surface area contributed by atoms with Gasteiger partial charge in [-0.25, -0.2) is 0 Å². The summed E-state index contributed by atoms with van der Waals surface area (Å²) in [6, 6.07) is 8.58. The Bertz CT molecular complexity index is 726. The highest BCUT2D eigenvalue weighted by molar-refractivity contribution is 7.80. The number of rotatable bonds is 4. The van der Waals surface area contributed by atoms with Crippen LogP contribution in [0.5, 0.6) is 0 Å². The van der Waals surface area contributed by atoms with Crippen LogP contribution in [0.2, 0.25) is 0 Å². The van der Waals surface area contributed by atoms with E-state index in [-0.39, 0.29) is 16.8 Å². The molecule has 0 atom stereocenters. The summed E-state index contributed by atoms with van der Waals surface area (Å²) in [5.74, 6) is -0.327. The van der Waals surface area contributed by atoms with Gasteiger partial charge in [0.25, 0.3) is 5.91 Å². The zero-order valence-corrected chi connectivity index (χ0v) is 13.6. The first kappa shape index (κ1) is 16.7. The van der Waals surface area contributed by atoms with Crippen molar-refractivity contribution in [2.45, 2.75) is 20.3 Å². The molecule has 1 aromatic heterocycles. The largest absolute Gasteiger partial charge is 0.459 e. The molecule has 120 valence electrons. The molecule has 0 bridgehead atoms. The van der Waals surface area contributed by atoms with Gasteiger partial charge in [0.1, 0.15) is 0 Å². The molecule has 0 aliphatic carbocycles. The van der Waals surface area contributed by atoms with Crippen molar-refractivity contribution < 1.29 is 14.0 Å². The van der Waals surface area contributed by atoms with Gasteiger partial charge in [0.05, 0.1) is 6.26 Å². The second kappa shape index (κ2) is 7.55. The van der Waals surface area contributed by atoms with Gasteiger partial charge in [0, 0.05) is 17.8 Å². The van der Waals surface area contributed by atoms with Crippen LogP contribution in [-0.2, 0) is 4.79 Å². The van der Waals surface area contributed by atoms with Crippen molar-refractivity contribution in [3.05, 3.63) is 47.9 Å². The molecule has 0 saturated heterocycles. The number of furan rings is 1. The number of amides is 2. The molecular weight excluding hydrogens is 314 g/mol. The molecule has 0 fully saturated rings. The summed E-state index contributed by atoms with van der Waals surface area (Å²) in [4.78, 5) is 23.3. The van der Waals surface area contributed by atoms with Crippen molar-refractivity contribution in [1.29, 1.82) is 0 Å². The summed E-state index contributed by atoms with van der Waals surface area (Å²) < 4.78 is 4.99. The molecule has 2 aromatic rings. The molecule has 7 heteroatoms. The molecular formula is C16H17N3O3S. The number of thiocarbonyl (C=S) groups is 1. The van der Waals surface area contributed by atoms with E-state index in [1.807, 2.05) is 19.1 Å². The van der Waals surface area contributed by atoms with Crippen LogP contribution in [0.3, 0.4) is 0 Å². The maximum atomic E-state index is 11.8. The molecule has 23 heavy (non-hydrogen) atoms. The molecule has 0 saturated carbocycles. The molecule has 0 spiro atoms. The fourth-order valence-electron chi connectivity index (χ4n) is 1.81. The summed E-state index contributed by atoms with van der Waals surface area (Å²) in [5, 5.41) is 8.37. The van der Waals surface area contributed by atoms with Gasteiger partial charge in [-0.15, -0.1) is 0 Å². The monoisotopic (exact) mass is 331 g/mol. The molecule has 6 nitrogen and oxygen atoms in total. The Morgan fingerprint density at radius 3 is 2.65 bits per heavy atom. The molecule has 0 aliphatic rings. The SMILES string of the molecule is CCC(=O)Nc1cc(NC(=S)NC(=O)c2ccco2)ccc1C. The van der Waals surface area contributed by atoms with Gasteiger partial charge in [0.2, 0.25) is 5.91 Å². The van der Waals surface area contributed by atoms with E-state index < -0.39 is 5.91 Å². The molecule has 2 rings (SSSR count). The zero-order chi connectivity index (χ0) is 16.8. The van der Waals surface area contributed by atoms with E-state index in [0.717, 1.165) is 5.56 Å². The van der Waals surface area contributed by atoms with Gasteiger partial charge < -0.3 is 15.1 Å². The first-order chi connectivity index (χ1) is 11.0. The summed E-state index contributed by atoms with van der Waals surface area (Å²) in [7, 11) is 0.